The summed E-state index contributed by atoms with van der Waals surface area (Å²) in [6, 6.07) is 5.96. The lowest BCUT2D eigenvalue weighted by atomic mass is 10.1. The minimum atomic E-state index is -0.0200. The third kappa shape index (κ3) is 5.75. The van der Waals surface area contributed by atoms with Crippen LogP contribution < -0.4 is 10.1 Å². The summed E-state index contributed by atoms with van der Waals surface area (Å²) in [6.07, 6.45) is 0.348. The van der Waals surface area contributed by atoms with E-state index in [9.17, 15) is 4.79 Å². The highest BCUT2D eigenvalue weighted by Crippen LogP contribution is 2.16. The van der Waals surface area contributed by atoms with Crippen molar-refractivity contribution < 1.29 is 14.3 Å². The summed E-state index contributed by atoms with van der Waals surface area (Å²) in [5, 5.41) is 2.84. The van der Waals surface area contributed by atoms with Crippen LogP contribution in [-0.2, 0) is 9.53 Å². The third-order valence-corrected chi connectivity index (χ3v) is 2.90. The highest BCUT2D eigenvalue weighted by molar-refractivity contribution is 5.76. The Balaban J connectivity index is 2.29. The molecule has 0 spiro atoms. The van der Waals surface area contributed by atoms with E-state index in [4.69, 9.17) is 9.47 Å². The van der Waals surface area contributed by atoms with Gasteiger partial charge in [-0.05, 0) is 44.0 Å². The lowest BCUT2D eigenvalue weighted by Gasteiger charge is -2.13. The molecule has 1 aromatic carbocycles. The van der Waals surface area contributed by atoms with Crippen LogP contribution in [0.1, 0.15) is 24.5 Å². The molecule has 1 amide bonds. The van der Waals surface area contributed by atoms with Gasteiger partial charge in [0.2, 0.25) is 5.91 Å². The van der Waals surface area contributed by atoms with Crippen LogP contribution in [0.2, 0.25) is 0 Å². The number of amides is 1. The molecule has 0 fully saturated rings. The Morgan fingerprint density at radius 2 is 2.05 bits per heavy atom. The van der Waals surface area contributed by atoms with Crippen molar-refractivity contribution >= 4 is 5.91 Å². The van der Waals surface area contributed by atoms with E-state index < -0.39 is 0 Å². The molecule has 0 aliphatic rings. The van der Waals surface area contributed by atoms with Crippen LogP contribution in [0.25, 0.3) is 0 Å². The van der Waals surface area contributed by atoms with E-state index >= 15 is 0 Å². The summed E-state index contributed by atoms with van der Waals surface area (Å²) in [7, 11) is 1.62. The van der Waals surface area contributed by atoms with Crippen molar-refractivity contribution in [3.63, 3.8) is 0 Å². The van der Waals surface area contributed by atoms with Crippen LogP contribution in [0.15, 0.2) is 18.2 Å². The van der Waals surface area contributed by atoms with Crippen LogP contribution in [-0.4, -0.2) is 32.3 Å². The third-order valence-electron chi connectivity index (χ3n) is 2.90. The van der Waals surface area contributed by atoms with Crippen molar-refractivity contribution in [1.29, 1.82) is 0 Å². The van der Waals surface area contributed by atoms with Crippen LogP contribution in [0.3, 0.4) is 0 Å². The van der Waals surface area contributed by atoms with E-state index in [1.54, 1.807) is 7.11 Å². The number of benzene rings is 1. The highest BCUT2D eigenvalue weighted by atomic mass is 16.5. The number of rotatable bonds is 7. The minimum Gasteiger partial charge on any atom is -0.493 e. The standard InChI is InChI=1S/C15H23NO3/c1-11-5-6-14(9-12(11)2)19-8-7-15(17)16-13(3)10-18-4/h5-6,9,13H,7-8,10H2,1-4H3,(H,16,17)/t13-/m1/s1. The largest absolute Gasteiger partial charge is 0.493 e. The number of nitrogens with one attached hydrogen (secondary N) is 1. The van der Waals surface area contributed by atoms with Crippen LogP contribution in [0, 0.1) is 13.8 Å². The maximum atomic E-state index is 11.6. The Kier molecular flexibility index (Phi) is 6.36. The zero-order chi connectivity index (χ0) is 14.3. The molecule has 0 heterocycles. The average molecular weight is 265 g/mol. The van der Waals surface area contributed by atoms with Crippen molar-refractivity contribution in [1.82, 2.24) is 5.32 Å². The van der Waals surface area contributed by atoms with Crippen LogP contribution in [0.4, 0.5) is 0 Å². The van der Waals surface area contributed by atoms with Gasteiger partial charge < -0.3 is 14.8 Å². The Hall–Kier alpha value is -1.55. The van der Waals surface area contributed by atoms with Gasteiger partial charge in [0.15, 0.2) is 0 Å². The zero-order valence-electron chi connectivity index (χ0n) is 12.2. The van der Waals surface area contributed by atoms with Gasteiger partial charge >= 0.3 is 0 Å². The first-order valence-electron chi connectivity index (χ1n) is 6.51. The molecule has 4 heteroatoms. The Bertz CT molecular complexity index is 418. The first-order chi connectivity index (χ1) is 9.02. The Labute approximate surface area is 115 Å². The second-order valence-corrected chi connectivity index (χ2v) is 4.77. The van der Waals surface area contributed by atoms with Gasteiger partial charge in [-0.15, -0.1) is 0 Å². The summed E-state index contributed by atoms with van der Waals surface area (Å²) >= 11 is 0. The van der Waals surface area contributed by atoms with Crippen LogP contribution >= 0.6 is 0 Å². The maximum Gasteiger partial charge on any atom is 0.223 e. The molecule has 4 nitrogen and oxygen atoms in total. The fourth-order valence-electron chi connectivity index (χ4n) is 1.70. The van der Waals surface area contributed by atoms with Crippen molar-refractivity contribution in [3.8, 4) is 5.75 Å². The van der Waals surface area contributed by atoms with Gasteiger partial charge in [-0.2, -0.15) is 0 Å². The minimum absolute atomic E-state index is 0.0200. The second kappa shape index (κ2) is 7.79. The number of hydrogen-bond donors (Lipinski definition) is 1. The fourth-order valence-corrected chi connectivity index (χ4v) is 1.70. The van der Waals surface area contributed by atoms with Gasteiger partial charge in [0.05, 0.1) is 19.6 Å². The van der Waals surface area contributed by atoms with E-state index in [0.717, 1.165) is 5.75 Å². The van der Waals surface area contributed by atoms with E-state index in [-0.39, 0.29) is 11.9 Å². The molecule has 106 valence electrons. The highest BCUT2D eigenvalue weighted by Gasteiger charge is 2.07. The molecule has 0 saturated carbocycles. The Morgan fingerprint density at radius 1 is 1.32 bits per heavy atom. The molecule has 0 radical (unpaired) electrons. The fraction of sp³-hybridized carbons (Fsp3) is 0.533. The smallest absolute Gasteiger partial charge is 0.223 e. The van der Waals surface area contributed by atoms with Crippen molar-refractivity contribution in [2.45, 2.75) is 33.2 Å². The molecule has 1 rings (SSSR count). The number of hydrogen-bond acceptors (Lipinski definition) is 3. The topological polar surface area (TPSA) is 47.6 Å². The summed E-state index contributed by atoms with van der Waals surface area (Å²) in [4.78, 5) is 11.6. The van der Waals surface area contributed by atoms with Crippen molar-refractivity contribution in [2.24, 2.45) is 0 Å². The quantitative estimate of drug-likeness (QED) is 0.822. The van der Waals surface area contributed by atoms with Gasteiger partial charge in [0.1, 0.15) is 5.75 Å². The van der Waals surface area contributed by atoms with Gasteiger partial charge in [0, 0.05) is 13.2 Å². The molecule has 0 unspecified atom stereocenters. The number of ether oxygens (including phenoxy) is 2. The average Bonchev–Trinajstić information content (AvgIpc) is 2.34. The summed E-state index contributed by atoms with van der Waals surface area (Å²) < 4.78 is 10.5. The molecule has 19 heavy (non-hydrogen) atoms. The van der Waals surface area contributed by atoms with Gasteiger partial charge in [-0.25, -0.2) is 0 Å². The molecule has 1 aromatic rings. The van der Waals surface area contributed by atoms with E-state index in [1.807, 2.05) is 32.0 Å². The molecule has 0 saturated heterocycles. The normalized spacial score (nSPS) is 12.0. The predicted molar refractivity (Wildman–Crippen MR) is 75.5 cm³/mol. The lowest BCUT2D eigenvalue weighted by molar-refractivity contribution is -0.122. The monoisotopic (exact) mass is 265 g/mol. The van der Waals surface area contributed by atoms with Crippen molar-refractivity contribution in [3.05, 3.63) is 29.3 Å². The first kappa shape index (κ1) is 15.5. The first-order valence-corrected chi connectivity index (χ1v) is 6.51. The molecule has 1 atom stereocenters. The molecular formula is C15H23NO3. The molecule has 0 aliphatic heterocycles. The van der Waals surface area contributed by atoms with Crippen molar-refractivity contribution in [2.75, 3.05) is 20.3 Å². The molecule has 0 bridgehead atoms. The van der Waals surface area contributed by atoms with Crippen LogP contribution in [0.5, 0.6) is 5.75 Å². The second-order valence-electron chi connectivity index (χ2n) is 4.77. The van der Waals surface area contributed by atoms with Gasteiger partial charge in [-0.3, -0.25) is 4.79 Å². The molecule has 0 aliphatic carbocycles. The number of carbonyl (C=O) groups excluding carboxylic acids is 1. The zero-order valence-corrected chi connectivity index (χ0v) is 12.2. The van der Waals surface area contributed by atoms with Gasteiger partial charge in [-0.1, -0.05) is 6.07 Å². The molecule has 0 aromatic heterocycles. The van der Waals surface area contributed by atoms with E-state index in [1.165, 1.54) is 11.1 Å². The maximum absolute atomic E-state index is 11.6. The lowest BCUT2D eigenvalue weighted by Crippen LogP contribution is -2.36. The summed E-state index contributed by atoms with van der Waals surface area (Å²) in [5.41, 5.74) is 2.43. The van der Waals surface area contributed by atoms with E-state index in [2.05, 4.69) is 12.2 Å². The Morgan fingerprint density at radius 3 is 2.68 bits per heavy atom. The number of carbonyl (C=O) groups is 1. The van der Waals surface area contributed by atoms with Gasteiger partial charge in [0.25, 0.3) is 0 Å². The molecule has 1 N–H and O–H groups in total. The summed E-state index contributed by atoms with van der Waals surface area (Å²) in [6.45, 7) is 6.91. The SMILES string of the molecule is COC[C@@H](C)NC(=O)CCOc1ccc(C)c(C)c1. The summed E-state index contributed by atoms with van der Waals surface area (Å²) in [5.74, 6) is 0.786. The predicted octanol–water partition coefficient (Wildman–Crippen LogP) is 2.22. The molecular weight excluding hydrogens is 242 g/mol. The number of methoxy groups -OCH3 is 1. The van der Waals surface area contributed by atoms with E-state index in [0.29, 0.717) is 19.6 Å². The number of aryl methyl sites for hydroxylation is 2.